The highest BCUT2D eigenvalue weighted by molar-refractivity contribution is 7.89. The molecule has 0 radical (unpaired) electrons. The summed E-state index contributed by atoms with van der Waals surface area (Å²) < 4.78 is 26.2. The van der Waals surface area contributed by atoms with Crippen LogP contribution in [0, 0.1) is 23.7 Å². The fourth-order valence-corrected chi connectivity index (χ4v) is 4.77. The second-order valence-corrected chi connectivity index (χ2v) is 8.12. The minimum atomic E-state index is -3.55. The number of sulfonamides is 1. The van der Waals surface area contributed by atoms with Gasteiger partial charge in [-0.05, 0) is 42.5 Å². The van der Waals surface area contributed by atoms with Crippen LogP contribution in [0.2, 0.25) is 0 Å². The number of fused-ring (bicyclic) bond motifs is 2. The summed E-state index contributed by atoms with van der Waals surface area (Å²) in [6, 6.07) is 5.81. The highest BCUT2D eigenvalue weighted by Gasteiger charge is 2.51. The standard InChI is InChI=1S/C17H20N2O5S/c1-2-18-25(23,24)13-7-5-12(6-8-13)19-16(20)14-10-3-4-11(9-10)15(14)17(21)22/h3-8,10-11,14-15,18H,2,9H2,1H3,(H,19,20)(H,21,22)/t10-,11-,14-,15+/m0/s1. The van der Waals surface area contributed by atoms with Gasteiger partial charge in [-0.15, -0.1) is 0 Å². The molecule has 134 valence electrons. The van der Waals surface area contributed by atoms with Gasteiger partial charge < -0.3 is 10.4 Å². The van der Waals surface area contributed by atoms with E-state index in [0.29, 0.717) is 12.1 Å². The van der Waals surface area contributed by atoms with Gasteiger partial charge in [-0.25, -0.2) is 13.1 Å². The largest absolute Gasteiger partial charge is 0.481 e. The zero-order chi connectivity index (χ0) is 18.2. The maximum absolute atomic E-state index is 12.6. The molecule has 2 bridgehead atoms. The number of hydrogen-bond donors (Lipinski definition) is 3. The third-order valence-corrected chi connectivity index (χ3v) is 6.38. The molecule has 1 amide bonds. The van der Waals surface area contributed by atoms with Gasteiger partial charge >= 0.3 is 5.97 Å². The van der Waals surface area contributed by atoms with Crippen LogP contribution < -0.4 is 10.0 Å². The Morgan fingerprint density at radius 3 is 2.28 bits per heavy atom. The molecule has 0 heterocycles. The molecule has 1 saturated carbocycles. The monoisotopic (exact) mass is 364 g/mol. The molecule has 3 N–H and O–H groups in total. The van der Waals surface area contributed by atoms with E-state index in [1.54, 1.807) is 6.92 Å². The topological polar surface area (TPSA) is 113 Å². The number of benzene rings is 1. The van der Waals surface area contributed by atoms with Crippen LogP contribution >= 0.6 is 0 Å². The molecule has 3 rings (SSSR count). The predicted molar refractivity (Wildman–Crippen MR) is 91.3 cm³/mol. The molecule has 1 fully saturated rings. The number of aliphatic carboxylic acids is 1. The lowest BCUT2D eigenvalue weighted by molar-refractivity contribution is -0.146. The van der Waals surface area contributed by atoms with Crippen molar-refractivity contribution in [2.45, 2.75) is 18.2 Å². The number of carbonyl (C=O) groups excluding carboxylic acids is 1. The summed E-state index contributed by atoms with van der Waals surface area (Å²) in [5.74, 6) is -2.75. The van der Waals surface area contributed by atoms with Crippen LogP contribution in [0.15, 0.2) is 41.3 Å². The first kappa shape index (κ1) is 17.6. The summed E-state index contributed by atoms with van der Waals surface area (Å²) in [5, 5.41) is 12.1. The van der Waals surface area contributed by atoms with E-state index in [-0.39, 0.29) is 29.2 Å². The van der Waals surface area contributed by atoms with Crippen LogP contribution in [-0.2, 0) is 19.6 Å². The molecule has 8 heteroatoms. The minimum absolute atomic E-state index is 0.0560. The number of amides is 1. The number of rotatable bonds is 6. The number of allylic oxidation sites excluding steroid dienone is 2. The van der Waals surface area contributed by atoms with Crippen molar-refractivity contribution in [1.82, 2.24) is 4.72 Å². The maximum Gasteiger partial charge on any atom is 0.307 e. The van der Waals surface area contributed by atoms with Crippen LogP contribution in [0.3, 0.4) is 0 Å². The summed E-state index contributed by atoms with van der Waals surface area (Å²) in [7, 11) is -3.55. The normalized spacial score (nSPS) is 27.4. The summed E-state index contributed by atoms with van der Waals surface area (Å²) in [4.78, 5) is 24.2. The fraction of sp³-hybridized carbons (Fsp3) is 0.412. The lowest BCUT2D eigenvalue weighted by Crippen LogP contribution is -2.36. The second kappa shape index (κ2) is 6.61. The van der Waals surface area contributed by atoms with Crippen LogP contribution in [0.25, 0.3) is 0 Å². The Labute approximate surface area is 146 Å². The molecule has 1 aromatic carbocycles. The molecular formula is C17H20N2O5S. The number of carbonyl (C=O) groups is 2. The zero-order valence-corrected chi connectivity index (χ0v) is 14.5. The Balaban J connectivity index is 1.73. The van der Waals surface area contributed by atoms with Gasteiger partial charge in [-0.2, -0.15) is 0 Å². The first-order valence-electron chi connectivity index (χ1n) is 8.15. The lowest BCUT2D eigenvalue weighted by atomic mass is 9.82. The second-order valence-electron chi connectivity index (χ2n) is 6.35. The van der Waals surface area contributed by atoms with Crippen LogP contribution in [0.4, 0.5) is 5.69 Å². The van der Waals surface area contributed by atoms with E-state index in [2.05, 4.69) is 10.0 Å². The average Bonchev–Trinajstić information content (AvgIpc) is 3.16. The zero-order valence-electron chi connectivity index (χ0n) is 13.7. The van der Waals surface area contributed by atoms with E-state index in [4.69, 9.17) is 0 Å². The van der Waals surface area contributed by atoms with Gasteiger partial charge in [0, 0.05) is 12.2 Å². The summed E-state index contributed by atoms with van der Waals surface area (Å²) in [5.41, 5.74) is 0.441. The molecule has 0 aromatic heterocycles. The smallest absolute Gasteiger partial charge is 0.307 e. The van der Waals surface area contributed by atoms with Crippen molar-refractivity contribution in [3.05, 3.63) is 36.4 Å². The number of nitrogens with one attached hydrogen (secondary N) is 2. The summed E-state index contributed by atoms with van der Waals surface area (Å²) in [6.07, 6.45) is 4.49. The van der Waals surface area contributed by atoms with Crippen LogP contribution in [0.1, 0.15) is 13.3 Å². The van der Waals surface area contributed by atoms with Crippen molar-refractivity contribution in [3.63, 3.8) is 0 Å². The SMILES string of the molecule is CCNS(=O)(=O)c1ccc(NC(=O)[C@@H]2[C@H](C(=O)O)[C@H]3C=C[C@H]2C3)cc1. The quantitative estimate of drug-likeness (QED) is 0.661. The van der Waals surface area contributed by atoms with Crippen molar-refractivity contribution in [3.8, 4) is 0 Å². The number of anilines is 1. The molecule has 2 aliphatic carbocycles. The summed E-state index contributed by atoms with van der Waals surface area (Å²) in [6.45, 7) is 1.98. The Morgan fingerprint density at radius 2 is 1.72 bits per heavy atom. The van der Waals surface area contributed by atoms with Crippen LogP contribution in [0.5, 0.6) is 0 Å². The molecule has 0 aliphatic heterocycles. The summed E-state index contributed by atoms with van der Waals surface area (Å²) >= 11 is 0. The predicted octanol–water partition coefficient (Wildman–Crippen LogP) is 1.45. The molecule has 0 spiro atoms. The molecule has 7 nitrogen and oxygen atoms in total. The van der Waals surface area contributed by atoms with Gasteiger partial charge in [0.25, 0.3) is 0 Å². The van der Waals surface area contributed by atoms with E-state index < -0.39 is 27.8 Å². The average molecular weight is 364 g/mol. The Hall–Kier alpha value is -2.19. The minimum Gasteiger partial charge on any atom is -0.481 e. The van der Waals surface area contributed by atoms with Crippen LogP contribution in [-0.4, -0.2) is 31.9 Å². The Kier molecular flexibility index (Phi) is 4.66. The molecule has 4 atom stereocenters. The number of carboxylic acid groups (broad SMARTS) is 1. The van der Waals surface area contributed by atoms with Crippen molar-refractivity contribution >= 4 is 27.6 Å². The molecule has 1 aromatic rings. The Bertz CT molecular complexity index is 816. The van der Waals surface area contributed by atoms with Gasteiger partial charge in [0.1, 0.15) is 0 Å². The fourth-order valence-electron chi connectivity index (χ4n) is 3.73. The van der Waals surface area contributed by atoms with Crippen molar-refractivity contribution in [1.29, 1.82) is 0 Å². The molecule has 0 saturated heterocycles. The van der Waals surface area contributed by atoms with Gasteiger partial charge in [0.2, 0.25) is 15.9 Å². The maximum atomic E-state index is 12.6. The van der Waals surface area contributed by atoms with E-state index in [9.17, 15) is 23.1 Å². The van der Waals surface area contributed by atoms with Crippen molar-refractivity contribution < 1.29 is 23.1 Å². The first-order chi connectivity index (χ1) is 11.8. The van der Waals surface area contributed by atoms with E-state index in [0.717, 1.165) is 0 Å². The van der Waals surface area contributed by atoms with Gasteiger partial charge in [0.15, 0.2) is 0 Å². The highest BCUT2D eigenvalue weighted by atomic mass is 32.2. The highest BCUT2D eigenvalue weighted by Crippen LogP contribution is 2.48. The van der Waals surface area contributed by atoms with Gasteiger partial charge in [-0.3, -0.25) is 9.59 Å². The van der Waals surface area contributed by atoms with E-state index in [1.807, 2.05) is 12.2 Å². The van der Waals surface area contributed by atoms with Crippen molar-refractivity contribution in [2.24, 2.45) is 23.7 Å². The third kappa shape index (κ3) is 3.32. The van der Waals surface area contributed by atoms with Crippen molar-refractivity contribution in [2.75, 3.05) is 11.9 Å². The lowest BCUT2D eigenvalue weighted by Gasteiger charge is -2.23. The molecule has 2 aliphatic rings. The van der Waals surface area contributed by atoms with E-state index in [1.165, 1.54) is 24.3 Å². The third-order valence-electron chi connectivity index (χ3n) is 4.81. The first-order valence-corrected chi connectivity index (χ1v) is 9.63. The number of hydrogen-bond acceptors (Lipinski definition) is 4. The molecule has 0 unspecified atom stereocenters. The van der Waals surface area contributed by atoms with Gasteiger partial charge in [-0.1, -0.05) is 19.1 Å². The number of carboxylic acids is 1. The molecule has 25 heavy (non-hydrogen) atoms. The Morgan fingerprint density at radius 1 is 1.12 bits per heavy atom. The molecular weight excluding hydrogens is 344 g/mol. The van der Waals surface area contributed by atoms with Gasteiger partial charge in [0.05, 0.1) is 16.7 Å². The van der Waals surface area contributed by atoms with E-state index >= 15 is 0 Å².